The van der Waals surface area contributed by atoms with Gasteiger partial charge in [0.1, 0.15) is 0 Å². The summed E-state index contributed by atoms with van der Waals surface area (Å²) < 4.78 is 7.58. The number of hydrogen-bond acceptors (Lipinski definition) is 3. The Kier molecular flexibility index (Phi) is 4.47. The van der Waals surface area contributed by atoms with Crippen molar-refractivity contribution in [2.24, 2.45) is 0 Å². The molecule has 0 unspecified atom stereocenters. The van der Waals surface area contributed by atoms with E-state index in [1.54, 1.807) is 16.8 Å². The summed E-state index contributed by atoms with van der Waals surface area (Å²) in [6.45, 7) is 4.65. The van der Waals surface area contributed by atoms with Crippen molar-refractivity contribution in [3.8, 4) is 0 Å². The summed E-state index contributed by atoms with van der Waals surface area (Å²) in [5.41, 5.74) is 1.57. The van der Waals surface area contributed by atoms with Crippen LogP contribution in [0.3, 0.4) is 0 Å². The minimum absolute atomic E-state index is 0.107. The lowest BCUT2D eigenvalue weighted by molar-refractivity contribution is 0.0962. The van der Waals surface area contributed by atoms with Gasteiger partial charge < -0.3 is 4.42 Å². The van der Waals surface area contributed by atoms with Crippen LogP contribution in [0.5, 0.6) is 0 Å². The molecule has 0 amide bonds. The third kappa shape index (κ3) is 2.92. The summed E-state index contributed by atoms with van der Waals surface area (Å²) >= 11 is 9.45. The lowest BCUT2D eigenvalue weighted by Gasteiger charge is -2.03. The Morgan fingerprint density at radius 2 is 2.21 bits per heavy atom. The Hall–Kier alpha value is -1.07. The SMILES string of the molecule is CCc1nn(CC)c(CC(=O)c2ccc(Br)o2)c1Cl. The number of hydrogen-bond donors (Lipinski definition) is 0. The van der Waals surface area contributed by atoms with E-state index in [4.69, 9.17) is 16.0 Å². The minimum atomic E-state index is -0.107. The summed E-state index contributed by atoms with van der Waals surface area (Å²) in [7, 11) is 0. The van der Waals surface area contributed by atoms with E-state index in [2.05, 4.69) is 21.0 Å². The number of aryl methyl sites for hydroxylation is 2. The Morgan fingerprint density at radius 3 is 2.74 bits per heavy atom. The lowest BCUT2D eigenvalue weighted by atomic mass is 10.1. The maximum absolute atomic E-state index is 12.1. The van der Waals surface area contributed by atoms with Crippen molar-refractivity contribution >= 4 is 33.3 Å². The summed E-state index contributed by atoms with van der Waals surface area (Å²) in [6.07, 6.45) is 0.943. The number of carbonyl (C=O) groups is 1. The topological polar surface area (TPSA) is 48.0 Å². The number of rotatable bonds is 5. The molecule has 4 nitrogen and oxygen atoms in total. The molecule has 2 aromatic heterocycles. The van der Waals surface area contributed by atoms with Gasteiger partial charge >= 0.3 is 0 Å². The molecule has 0 radical (unpaired) electrons. The monoisotopic (exact) mass is 344 g/mol. The van der Waals surface area contributed by atoms with E-state index >= 15 is 0 Å². The second-order valence-electron chi connectivity index (χ2n) is 4.08. The molecule has 0 N–H and O–H groups in total. The average molecular weight is 346 g/mol. The van der Waals surface area contributed by atoms with Crippen molar-refractivity contribution < 1.29 is 9.21 Å². The van der Waals surface area contributed by atoms with Gasteiger partial charge in [-0.05, 0) is 41.4 Å². The van der Waals surface area contributed by atoms with Gasteiger partial charge in [0, 0.05) is 6.54 Å². The van der Waals surface area contributed by atoms with Gasteiger partial charge in [-0.1, -0.05) is 18.5 Å². The fourth-order valence-electron chi connectivity index (χ4n) is 1.89. The number of Topliss-reactive ketones (excluding diaryl/α,β-unsaturated/α-hetero) is 1. The van der Waals surface area contributed by atoms with Gasteiger partial charge in [0.05, 0.1) is 22.8 Å². The average Bonchev–Trinajstić information content (AvgIpc) is 2.95. The smallest absolute Gasteiger partial charge is 0.204 e. The van der Waals surface area contributed by atoms with Crippen molar-refractivity contribution in [1.82, 2.24) is 9.78 Å². The molecule has 2 aromatic rings. The second-order valence-corrected chi connectivity index (χ2v) is 5.24. The van der Waals surface area contributed by atoms with Crippen LogP contribution in [0, 0.1) is 0 Å². The first kappa shape index (κ1) is 14.3. The van der Waals surface area contributed by atoms with Crippen LogP contribution in [0.25, 0.3) is 0 Å². The van der Waals surface area contributed by atoms with Crippen molar-refractivity contribution in [2.45, 2.75) is 33.2 Å². The van der Waals surface area contributed by atoms with Crippen LogP contribution in [0.15, 0.2) is 21.2 Å². The first-order valence-electron chi connectivity index (χ1n) is 6.09. The highest BCUT2D eigenvalue weighted by atomic mass is 79.9. The molecular weight excluding hydrogens is 332 g/mol. The third-order valence-electron chi connectivity index (χ3n) is 2.87. The molecule has 0 aromatic carbocycles. The van der Waals surface area contributed by atoms with E-state index in [9.17, 15) is 4.79 Å². The number of furan rings is 1. The molecule has 19 heavy (non-hydrogen) atoms. The van der Waals surface area contributed by atoms with Gasteiger partial charge in [0.15, 0.2) is 10.4 Å². The summed E-state index contributed by atoms with van der Waals surface area (Å²) in [4.78, 5) is 12.1. The van der Waals surface area contributed by atoms with Crippen LogP contribution in [-0.4, -0.2) is 15.6 Å². The zero-order valence-corrected chi connectivity index (χ0v) is 13.1. The first-order valence-corrected chi connectivity index (χ1v) is 7.26. The highest BCUT2D eigenvalue weighted by molar-refractivity contribution is 9.10. The van der Waals surface area contributed by atoms with Gasteiger partial charge in [-0.25, -0.2) is 0 Å². The molecule has 6 heteroatoms. The fourth-order valence-corrected chi connectivity index (χ4v) is 2.53. The number of carbonyl (C=O) groups excluding carboxylic acids is 1. The minimum Gasteiger partial charge on any atom is -0.446 e. The van der Waals surface area contributed by atoms with Crippen LogP contribution in [0.1, 0.15) is 35.8 Å². The molecule has 0 saturated heterocycles. The van der Waals surface area contributed by atoms with Gasteiger partial charge in [-0.15, -0.1) is 0 Å². The summed E-state index contributed by atoms with van der Waals surface area (Å²) in [5, 5.41) is 4.98. The maximum Gasteiger partial charge on any atom is 0.204 e. The van der Waals surface area contributed by atoms with Gasteiger partial charge in [0.25, 0.3) is 0 Å². The standard InChI is InChI=1S/C13H14BrClN2O2/c1-3-8-13(15)9(17(4-2)16-8)7-10(18)11-5-6-12(14)19-11/h5-6H,3-4,7H2,1-2H3. The molecule has 0 saturated carbocycles. The van der Waals surface area contributed by atoms with Crippen molar-refractivity contribution in [3.63, 3.8) is 0 Å². The van der Waals surface area contributed by atoms with Gasteiger partial charge in [0.2, 0.25) is 5.78 Å². The molecule has 0 aliphatic heterocycles. The van der Waals surface area contributed by atoms with E-state index in [-0.39, 0.29) is 12.2 Å². The number of ketones is 1. The van der Waals surface area contributed by atoms with E-state index in [0.717, 1.165) is 17.8 Å². The first-order chi connectivity index (χ1) is 9.06. The molecule has 2 rings (SSSR count). The molecule has 0 bridgehead atoms. The molecule has 102 valence electrons. The lowest BCUT2D eigenvalue weighted by Crippen LogP contribution is -2.09. The van der Waals surface area contributed by atoms with Crippen molar-refractivity contribution in [2.75, 3.05) is 0 Å². The van der Waals surface area contributed by atoms with Crippen molar-refractivity contribution in [3.05, 3.63) is 39.0 Å². The van der Waals surface area contributed by atoms with E-state index in [1.807, 2.05) is 13.8 Å². The van der Waals surface area contributed by atoms with Crippen molar-refractivity contribution in [1.29, 1.82) is 0 Å². The van der Waals surface area contributed by atoms with Gasteiger partial charge in [-0.2, -0.15) is 5.10 Å². The summed E-state index contributed by atoms with van der Waals surface area (Å²) in [6, 6.07) is 3.34. The Labute approximate surface area is 124 Å². The van der Waals surface area contributed by atoms with E-state index in [0.29, 0.717) is 22.0 Å². The Balaban J connectivity index is 2.28. The molecule has 0 aliphatic rings. The van der Waals surface area contributed by atoms with Crippen LogP contribution in [0.2, 0.25) is 5.02 Å². The highest BCUT2D eigenvalue weighted by Crippen LogP contribution is 2.24. The zero-order valence-electron chi connectivity index (χ0n) is 10.7. The van der Waals surface area contributed by atoms with E-state index in [1.165, 1.54) is 0 Å². The zero-order chi connectivity index (χ0) is 14.0. The van der Waals surface area contributed by atoms with Crippen LogP contribution in [-0.2, 0) is 19.4 Å². The number of aromatic nitrogens is 2. The Bertz CT molecular complexity index is 604. The predicted molar refractivity (Wildman–Crippen MR) is 76.7 cm³/mol. The number of halogens is 2. The molecule has 0 atom stereocenters. The van der Waals surface area contributed by atoms with Gasteiger partial charge in [-0.3, -0.25) is 9.48 Å². The molecule has 0 spiro atoms. The summed E-state index contributed by atoms with van der Waals surface area (Å²) in [5.74, 6) is 0.217. The molecular formula is C13H14BrClN2O2. The van der Waals surface area contributed by atoms with Crippen LogP contribution < -0.4 is 0 Å². The Morgan fingerprint density at radius 1 is 1.47 bits per heavy atom. The van der Waals surface area contributed by atoms with E-state index < -0.39 is 0 Å². The fraction of sp³-hybridized carbons (Fsp3) is 0.385. The predicted octanol–water partition coefficient (Wildman–Crippen LogP) is 3.90. The second kappa shape index (κ2) is 5.92. The van der Waals surface area contributed by atoms with Crippen LogP contribution >= 0.6 is 27.5 Å². The van der Waals surface area contributed by atoms with Crippen LogP contribution in [0.4, 0.5) is 0 Å². The quantitative estimate of drug-likeness (QED) is 0.772. The highest BCUT2D eigenvalue weighted by Gasteiger charge is 2.19. The largest absolute Gasteiger partial charge is 0.446 e. The third-order valence-corrected chi connectivity index (χ3v) is 3.73. The normalized spacial score (nSPS) is 10.9. The molecule has 2 heterocycles. The molecule has 0 fully saturated rings. The molecule has 0 aliphatic carbocycles. The maximum atomic E-state index is 12.1. The number of nitrogens with zero attached hydrogens (tertiary/aromatic N) is 2.